The van der Waals surface area contributed by atoms with Gasteiger partial charge in [-0.3, -0.25) is 10.2 Å². The molecule has 0 aromatic heterocycles. The third-order valence-electron chi connectivity index (χ3n) is 4.37. The van der Waals surface area contributed by atoms with E-state index in [-0.39, 0.29) is 24.6 Å². The van der Waals surface area contributed by atoms with Crippen LogP contribution in [0, 0.1) is 5.92 Å². The zero-order chi connectivity index (χ0) is 18.6. The maximum atomic E-state index is 12.5. The number of hydrogen-bond acceptors (Lipinski definition) is 6. The molecule has 0 aromatic carbocycles. The summed E-state index contributed by atoms with van der Waals surface area (Å²) >= 11 is 0. The van der Waals surface area contributed by atoms with Crippen molar-refractivity contribution in [1.29, 1.82) is 0 Å². The number of nitrogens with zero attached hydrogens (tertiary/aromatic N) is 1. The summed E-state index contributed by atoms with van der Waals surface area (Å²) in [6.07, 6.45) is 1.92. The molecule has 0 aromatic rings. The van der Waals surface area contributed by atoms with Crippen LogP contribution in [0.15, 0.2) is 12.3 Å². The van der Waals surface area contributed by atoms with E-state index < -0.39 is 5.60 Å². The van der Waals surface area contributed by atoms with Gasteiger partial charge in [0.15, 0.2) is 6.35 Å². The Morgan fingerprint density at radius 2 is 2.04 bits per heavy atom. The lowest BCUT2D eigenvalue weighted by Gasteiger charge is -2.38. The quantitative estimate of drug-likeness (QED) is 0.681. The van der Waals surface area contributed by atoms with Crippen molar-refractivity contribution in [2.75, 3.05) is 26.8 Å². The van der Waals surface area contributed by atoms with Crippen molar-refractivity contribution < 1.29 is 19.0 Å². The van der Waals surface area contributed by atoms with Gasteiger partial charge in [0.05, 0.1) is 25.4 Å². The van der Waals surface area contributed by atoms with Gasteiger partial charge in [0.25, 0.3) is 0 Å². The van der Waals surface area contributed by atoms with Crippen molar-refractivity contribution in [3.05, 3.63) is 12.3 Å². The first kappa shape index (κ1) is 20.0. The van der Waals surface area contributed by atoms with Crippen LogP contribution in [0.1, 0.15) is 40.5 Å². The number of amides is 1. The van der Waals surface area contributed by atoms with Crippen LogP contribution < -0.4 is 10.6 Å². The van der Waals surface area contributed by atoms with E-state index in [0.717, 1.165) is 0 Å². The van der Waals surface area contributed by atoms with E-state index in [9.17, 15) is 4.79 Å². The molecule has 0 radical (unpaired) electrons. The summed E-state index contributed by atoms with van der Waals surface area (Å²) in [6, 6.07) is -0.292. The Balaban J connectivity index is 1.94. The van der Waals surface area contributed by atoms with E-state index in [2.05, 4.69) is 24.1 Å². The van der Waals surface area contributed by atoms with Gasteiger partial charge in [-0.15, -0.1) is 0 Å². The summed E-state index contributed by atoms with van der Waals surface area (Å²) in [5, 5.41) is 6.34. The highest BCUT2D eigenvalue weighted by atomic mass is 16.6. The predicted molar refractivity (Wildman–Crippen MR) is 95.9 cm³/mol. The van der Waals surface area contributed by atoms with Gasteiger partial charge in [-0.2, -0.15) is 0 Å². The van der Waals surface area contributed by atoms with Crippen molar-refractivity contribution in [1.82, 2.24) is 15.5 Å². The monoisotopic (exact) mass is 355 g/mol. The molecule has 1 heterocycles. The second kappa shape index (κ2) is 8.38. The molecule has 2 fully saturated rings. The molecular weight excluding hydrogens is 322 g/mol. The minimum absolute atomic E-state index is 0.183. The van der Waals surface area contributed by atoms with E-state index in [4.69, 9.17) is 14.2 Å². The molecule has 1 aliphatic carbocycles. The molecule has 7 nitrogen and oxygen atoms in total. The third-order valence-corrected chi connectivity index (χ3v) is 4.37. The molecule has 7 heteroatoms. The summed E-state index contributed by atoms with van der Waals surface area (Å²) in [6.45, 7) is 13.1. The van der Waals surface area contributed by atoms with Crippen LogP contribution in [0.4, 0.5) is 4.79 Å². The van der Waals surface area contributed by atoms with Gasteiger partial charge in [-0.1, -0.05) is 6.58 Å². The Bertz CT molecular complexity index is 473. The minimum atomic E-state index is -0.537. The SMILES string of the molecule is C=C(NC(NC)OC(C)C1CC1)[C@H]1COCCN1C(=O)OC(C)(C)C. The van der Waals surface area contributed by atoms with Gasteiger partial charge in [0.2, 0.25) is 0 Å². The standard InChI is InChI=1S/C18H33N3O4/c1-12(20-16(19-6)24-13(2)14-7-8-14)15-11-23-10-9-21(15)17(22)25-18(3,4)5/h13-16,19-20H,1,7-11H2,2-6H3/t13?,15-,16?/m1/s1. The van der Waals surface area contributed by atoms with Gasteiger partial charge in [-0.25, -0.2) is 4.79 Å². The van der Waals surface area contributed by atoms with Crippen LogP contribution in [0.2, 0.25) is 0 Å². The molecule has 1 amide bonds. The Kier molecular flexibility index (Phi) is 6.71. The van der Waals surface area contributed by atoms with Crippen molar-refractivity contribution in [3.8, 4) is 0 Å². The average Bonchev–Trinajstić information content (AvgIpc) is 3.37. The molecule has 3 atom stereocenters. The van der Waals surface area contributed by atoms with Gasteiger partial charge in [-0.05, 0) is 53.5 Å². The highest BCUT2D eigenvalue weighted by Gasteiger charge is 2.34. The van der Waals surface area contributed by atoms with E-state index in [1.807, 2.05) is 27.8 Å². The Hall–Kier alpha value is -1.31. The van der Waals surface area contributed by atoms with E-state index in [1.54, 1.807) is 4.90 Å². The molecule has 1 aliphatic heterocycles. The second-order valence-corrected chi connectivity index (χ2v) is 7.78. The zero-order valence-corrected chi connectivity index (χ0v) is 16.1. The first-order valence-corrected chi connectivity index (χ1v) is 9.06. The summed E-state index contributed by atoms with van der Waals surface area (Å²) in [7, 11) is 1.83. The molecule has 2 unspecified atom stereocenters. The van der Waals surface area contributed by atoms with Crippen molar-refractivity contribution in [3.63, 3.8) is 0 Å². The molecule has 1 saturated heterocycles. The molecular formula is C18H33N3O4. The van der Waals surface area contributed by atoms with Crippen LogP contribution in [-0.4, -0.2) is 61.9 Å². The highest BCUT2D eigenvalue weighted by Crippen LogP contribution is 2.34. The van der Waals surface area contributed by atoms with Gasteiger partial charge in [0.1, 0.15) is 5.60 Å². The maximum Gasteiger partial charge on any atom is 0.411 e. The Labute approximate surface area is 151 Å². The highest BCUT2D eigenvalue weighted by molar-refractivity contribution is 5.69. The van der Waals surface area contributed by atoms with Crippen LogP contribution in [-0.2, 0) is 14.2 Å². The molecule has 144 valence electrons. The number of rotatable bonds is 7. The van der Waals surface area contributed by atoms with Crippen LogP contribution >= 0.6 is 0 Å². The molecule has 2 rings (SSSR count). The Morgan fingerprint density at radius 3 is 2.60 bits per heavy atom. The number of hydrogen-bond donors (Lipinski definition) is 2. The van der Waals surface area contributed by atoms with Crippen LogP contribution in [0.25, 0.3) is 0 Å². The topological polar surface area (TPSA) is 72.1 Å². The summed E-state index contributed by atoms with van der Waals surface area (Å²) in [5.41, 5.74) is 0.137. The molecule has 2 N–H and O–H groups in total. The van der Waals surface area contributed by atoms with E-state index >= 15 is 0 Å². The van der Waals surface area contributed by atoms with Gasteiger partial charge >= 0.3 is 6.09 Å². The summed E-state index contributed by atoms with van der Waals surface area (Å²) in [4.78, 5) is 14.2. The van der Waals surface area contributed by atoms with Crippen LogP contribution in [0.5, 0.6) is 0 Å². The molecule has 0 spiro atoms. The summed E-state index contributed by atoms with van der Waals surface area (Å²) in [5.74, 6) is 0.641. The first-order chi connectivity index (χ1) is 11.7. The van der Waals surface area contributed by atoms with Gasteiger partial charge in [0, 0.05) is 12.2 Å². The summed E-state index contributed by atoms with van der Waals surface area (Å²) < 4.78 is 17.1. The van der Waals surface area contributed by atoms with Gasteiger partial charge < -0.3 is 19.5 Å². The molecule has 1 saturated carbocycles. The fraction of sp³-hybridized carbons (Fsp3) is 0.833. The lowest BCUT2D eigenvalue weighted by atomic mass is 10.1. The smallest absolute Gasteiger partial charge is 0.411 e. The number of carbonyl (C=O) groups is 1. The van der Waals surface area contributed by atoms with Crippen molar-refractivity contribution >= 4 is 6.09 Å². The third kappa shape index (κ3) is 6.17. The number of nitrogens with one attached hydrogen (secondary N) is 2. The molecule has 25 heavy (non-hydrogen) atoms. The maximum absolute atomic E-state index is 12.5. The first-order valence-electron chi connectivity index (χ1n) is 9.06. The minimum Gasteiger partial charge on any atom is -0.444 e. The zero-order valence-electron chi connectivity index (χ0n) is 16.1. The van der Waals surface area contributed by atoms with E-state index in [0.29, 0.717) is 31.4 Å². The fourth-order valence-corrected chi connectivity index (χ4v) is 2.76. The van der Waals surface area contributed by atoms with Crippen molar-refractivity contribution in [2.45, 2.75) is 64.6 Å². The predicted octanol–water partition coefficient (Wildman–Crippen LogP) is 2.04. The lowest BCUT2D eigenvalue weighted by molar-refractivity contribution is -0.0505. The molecule has 2 aliphatic rings. The number of ether oxygens (including phenoxy) is 3. The van der Waals surface area contributed by atoms with Crippen LogP contribution in [0.3, 0.4) is 0 Å². The second-order valence-electron chi connectivity index (χ2n) is 7.78. The number of morpholine rings is 1. The van der Waals surface area contributed by atoms with Crippen molar-refractivity contribution in [2.24, 2.45) is 5.92 Å². The number of carbonyl (C=O) groups excluding carboxylic acids is 1. The largest absolute Gasteiger partial charge is 0.444 e. The average molecular weight is 355 g/mol. The lowest BCUT2D eigenvalue weighted by Crippen LogP contribution is -2.55. The molecule has 0 bridgehead atoms. The normalized spacial score (nSPS) is 23.7. The fourth-order valence-electron chi connectivity index (χ4n) is 2.76. The Morgan fingerprint density at radius 1 is 1.36 bits per heavy atom. The van der Waals surface area contributed by atoms with E-state index in [1.165, 1.54) is 12.8 Å².